The Hall–Kier alpha value is -2.78. The predicted molar refractivity (Wildman–Crippen MR) is 97.6 cm³/mol. The minimum Gasteiger partial charge on any atom is -0.454 e. The number of hydrogen-bond acceptors (Lipinski definition) is 5. The summed E-state index contributed by atoms with van der Waals surface area (Å²) in [5.74, 6) is 0.658. The lowest BCUT2D eigenvalue weighted by atomic mass is 10.2. The van der Waals surface area contributed by atoms with E-state index in [1.807, 2.05) is 0 Å². The summed E-state index contributed by atoms with van der Waals surface area (Å²) in [5.41, 5.74) is 0.900. The first-order valence-electron chi connectivity index (χ1n) is 7.82. The molecule has 0 atom stereocenters. The highest BCUT2D eigenvalue weighted by atomic mass is 32.2. The van der Waals surface area contributed by atoms with Crippen molar-refractivity contribution in [3.8, 4) is 11.5 Å². The lowest BCUT2D eigenvalue weighted by molar-refractivity contribution is -0.114. The standard InChI is InChI=1S/C17H19N3O5S/c1-19(2)26(22,23)20(14-6-4-3-5-7-14)11-17(21)18-13-8-9-15-16(10-13)25-12-24-15/h3-10H,11-12H2,1-2H3,(H,18,21). The van der Waals surface area contributed by atoms with Gasteiger partial charge in [-0.05, 0) is 24.3 Å². The summed E-state index contributed by atoms with van der Waals surface area (Å²) in [7, 11) is -0.992. The molecule has 0 saturated heterocycles. The van der Waals surface area contributed by atoms with Crippen LogP contribution < -0.4 is 19.1 Å². The van der Waals surface area contributed by atoms with E-state index in [4.69, 9.17) is 9.47 Å². The monoisotopic (exact) mass is 377 g/mol. The molecule has 3 rings (SSSR count). The van der Waals surface area contributed by atoms with Gasteiger partial charge >= 0.3 is 10.2 Å². The molecule has 9 heteroatoms. The van der Waals surface area contributed by atoms with Gasteiger partial charge in [0.1, 0.15) is 6.54 Å². The molecule has 0 radical (unpaired) electrons. The summed E-state index contributed by atoms with van der Waals surface area (Å²) < 4.78 is 37.8. The van der Waals surface area contributed by atoms with Gasteiger partial charge in [0.05, 0.1) is 5.69 Å². The first-order chi connectivity index (χ1) is 12.4. The van der Waals surface area contributed by atoms with Crippen molar-refractivity contribution in [2.24, 2.45) is 0 Å². The average Bonchev–Trinajstić information content (AvgIpc) is 3.08. The van der Waals surface area contributed by atoms with Crippen molar-refractivity contribution < 1.29 is 22.7 Å². The second kappa shape index (κ2) is 7.22. The maximum atomic E-state index is 12.6. The fourth-order valence-corrected chi connectivity index (χ4v) is 3.47. The van der Waals surface area contributed by atoms with Crippen molar-refractivity contribution in [3.63, 3.8) is 0 Å². The van der Waals surface area contributed by atoms with Crippen molar-refractivity contribution in [3.05, 3.63) is 48.5 Å². The summed E-state index contributed by atoms with van der Waals surface area (Å²) in [5, 5.41) is 2.68. The topological polar surface area (TPSA) is 88.2 Å². The molecule has 1 amide bonds. The molecule has 0 aliphatic carbocycles. The number of fused-ring (bicyclic) bond motifs is 1. The Kier molecular flexibility index (Phi) is 5.01. The zero-order valence-corrected chi connectivity index (χ0v) is 15.2. The molecule has 8 nitrogen and oxygen atoms in total. The molecule has 1 aliphatic rings. The number of nitrogens with one attached hydrogen (secondary N) is 1. The Bertz CT molecular complexity index is 900. The minimum atomic E-state index is -3.83. The van der Waals surface area contributed by atoms with Crippen LogP contribution >= 0.6 is 0 Å². The van der Waals surface area contributed by atoms with E-state index in [0.717, 1.165) is 8.61 Å². The van der Waals surface area contributed by atoms with E-state index < -0.39 is 16.1 Å². The Morgan fingerprint density at radius 1 is 1.08 bits per heavy atom. The molecule has 0 aromatic heterocycles. The normalized spacial score (nSPS) is 12.9. The van der Waals surface area contributed by atoms with Crippen LogP contribution in [0, 0.1) is 0 Å². The smallest absolute Gasteiger partial charge is 0.304 e. The van der Waals surface area contributed by atoms with Gasteiger partial charge in [0.25, 0.3) is 0 Å². The van der Waals surface area contributed by atoms with Crippen LogP contribution in [0.1, 0.15) is 0 Å². The zero-order chi connectivity index (χ0) is 18.7. The number of amides is 1. The molecule has 0 saturated carbocycles. The van der Waals surface area contributed by atoms with E-state index in [-0.39, 0.29) is 13.3 Å². The van der Waals surface area contributed by atoms with Crippen LogP contribution in [-0.4, -0.2) is 46.1 Å². The molecular formula is C17H19N3O5S. The molecule has 2 aromatic carbocycles. The first-order valence-corrected chi connectivity index (χ1v) is 9.22. The Balaban J connectivity index is 1.79. The molecule has 0 fully saturated rings. The summed E-state index contributed by atoms with van der Waals surface area (Å²) in [6.45, 7) is -0.228. The van der Waals surface area contributed by atoms with Gasteiger partial charge in [0, 0.05) is 25.8 Å². The molecule has 0 unspecified atom stereocenters. The SMILES string of the molecule is CN(C)S(=O)(=O)N(CC(=O)Nc1ccc2c(c1)OCO2)c1ccccc1. The van der Waals surface area contributed by atoms with Gasteiger partial charge in [-0.3, -0.25) is 4.79 Å². The van der Waals surface area contributed by atoms with E-state index in [9.17, 15) is 13.2 Å². The van der Waals surface area contributed by atoms with Gasteiger partial charge in [-0.2, -0.15) is 12.7 Å². The Morgan fingerprint density at radius 3 is 2.46 bits per heavy atom. The fraction of sp³-hybridized carbons (Fsp3) is 0.235. The van der Waals surface area contributed by atoms with Crippen LogP contribution in [0.3, 0.4) is 0 Å². The second-order valence-electron chi connectivity index (χ2n) is 5.75. The van der Waals surface area contributed by atoms with Gasteiger partial charge in [0.2, 0.25) is 12.7 Å². The number of para-hydroxylation sites is 1. The van der Waals surface area contributed by atoms with Crippen LogP contribution in [0.4, 0.5) is 11.4 Å². The van der Waals surface area contributed by atoms with Crippen LogP contribution in [-0.2, 0) is 15.0 Å². The van der Waals surface area contributed by atoms with Crippen molar-refractivity contribution in [1.29, 1.82) is 0 Å². The number of carbonyl (C=O) groups is 1. The summed E-state index contributed by atoms with van der Waals surface area (Å²) >= 11 is 0. The molecule has 138 valence electrons. The van der Waals surface area contributed by atoms with E-state index in [2.05, 4.69) is 5.32 Å². The maximum absolute atomic E-state index is 12.6. The van der Waals surface area contributed by atoms with Crippen molar-refractivity contribution in [1.82, 2.24) is 4.31 Å². The largest absolute Gasteiger partial charge is 0.454 e. The van der Waals surface area contributed by atoms with Gasteiger partial charge in [0.15, 0.2) is 11.5 Å². The Labute approximate surface area is 152 Å². The fourth-order valence-electron chi connectivity index (χ4n) is 2.40. The summed E-state index contributed by atoms with van der Waals surface area (Å²) in [6, 6.07) is 13.4. The van der Waals surface area contributed by atoms with Crippen molar-refractivity contribution in [2.75, 3.05) is 37.1 Å². The number of benzene rings is 2. The molecule has 1 N–H and O–H groups in total. The summed E-state index contributed by atoms with van der Waals surface area (Å²) in [6.07, 6.45) is 0. The summed E-state index contributed by atoms with van der Waals surface area (Å²) in [4.78, 5) is 12.5. The Morgan fingerprint density at radius 2 is 1.77 bits per heavy atom. The highest BCUT2D eigenvalue weighted by Crippen LogP contribution is 2.34. The highest BCUT2D eigenvalue weighted by Gasteiger charge is 2.27. The highest BCUT2D eigenvalue weighted by molar-refractivity contribution is 7.90. The quantitative estimate of drug-likeness (QED) is 0.827. The molecule has 26 heavy (non-hydrogen) atoms. The van der Waals surface area contributed by atoms with Gasteiger partial charge in [-0.15, -0.1) is 0 Å². The molecule has 0 bridgehead atoms. The third-order valence-electron chi connectivity index (χ3n) is 3.73. The molecule has 2 aromatic rings. The van der Waals surface area contributed by atoms with Gasteiger partial charge < -0.3 is 14.8 Å². The van der Waals surface area contributed by atoms with Crippen LogP contribution in [0.2, 0.25) is 0 Å². The van der Waals surface area contributed by atoms with Crippen molar-refractivity contribution >= 4 is 27.5 Å². The van der Waals surface area contributed by atoms with Gasteiger partial charge in [-0.1, -0.05) is 18.2 Å². The number of hydrogen-bond donors (Lipinski definition) is 1. The lowest BCUT2D eigenvalue weighted by Crippen LogP contribution is -2.44. The van der Waals surface area contributed by atoms with Crippen LogP contribution in [0.5, 0.6) is 11.5 Å². The van der Waals surface area contributed by atoms with E-state index >= 15 is 0 Å². The number of ether oxygens (including phenoxy) is 2. The minimum absolute atomic E-state index is 0.135. The number of anilines is 2. The second-order valence-corrected chi connectivity index (χ2v) is 7.82. The molecule has 1 aliphatic heterocycles. The number of rotatable bonds is 6. The maximum Gasteiger partial charge on any atom is 0.304 e. The van der Waals surface area contributed by atoms with Crippen LogP contribution in [0.25, 0.3) is 0 Å². The van der Waals surface area contributed by atoms with Crippen LogP contribution in [0.15, 0.2) is 48.5 Å². The van der Waals surface area contributed by atoms with E-state index in [0.29, 0.717) is 22.9 Å². The van der Waals surface area contributed by atoms with E-state index in [1.165, 1.54) is 14.1 Å². The number of carbonyl (C=O) groups excluding carboxylic acids is 1. The third kappa shape index (κ3) is 3.73. The third-order valence-corrected chi connectivity index (χ3v) is 5.55. The first kappa shape index (κ1) is 18.0. The average molecular weight is 377 g/mol. The van der Waals surface area contributed by atoms with Gasteiger partial charge in [-0.25, -0.2) is 4.31 Å². The molecular weight excluding hydrogens is 358 g/mol. The molecule has 0 spiro atoms. The van der Waals surface area contributed by atoms with E-state index in [1.54, 1.807) is 48.5 Å². The predicted octanol–water partition coefficient (Wildman–Crippen LogP) is 1.67. The lowest BCUT2D eigenvalue weighted by Gasteiger charge is -2.26. The molecule has 1 heterocycles. The zero-order valence-electron chi connectivity index (χ0n) is 14.4. The van der Waals surface area contributed by atoms with Crippen molar-refractivity contribution in [2.45, 2.75) is 0 Å². The number of nitrogens with zero attached hydrogens (tertiary/aromatic N) is 2.